The molecule has 5 rings (SSSR count). The maximum Gasteiger partial charge on any atom is 0.270 e. The highest BCUT2D eigenvalue weighted by Crippen LogP contribution is 2.27. The summed E-state index contributed by atoms with van der Waals surface area (Å²) < 4.78 is 0. The Kier molecular flexibility index (Phi) is 5.04. The molecule has 0 radical (unpaired) electrons. The van der Waals surface area contributed by atoms with E-state index in [1.165, 1.54) is 12.1 Å². The number of para-hydroxylation sites is 1. The summed E-state index contributed by atoms with van der Waals surface area (Å²) in [4.78, 5) is 32.6. The number of nitro benzene ring substituents is 1. The molecule has 2 N–H and O–H groups in total. The van der Waals surface area contributed by atoms with Crippen molar-refractivity contribution in [2.75, 3.05) is 5.32 Å². The number of non-ortho nitro benzene ring substituents is 1. The third-order valence-corrected chi connectivity index (χ3v) is 5.11. The van der Waals surface area contributed by atoms with E-state index in [1.54, 1.807) is 36.7 Å². The number of hydrogen-bond acceptors (Lipinski definition) is 6. The number of pyridine rings is 2. The maximum absolute atomic E-state index is 13.2. The van der Waals surface area contributed by atoms with Crippen LogP contribution in [0.1, 0.15) is 10.4 Å². The van der Waals surface area contributed by atoms with E-state index in [-0.39, 0.29) is 11.6 Å². The van der Waals surface area contributed by atoms with E-state index in [9.17, 15) is 14.9 Å². The zero-order valence-corrected chi connectivity index (χ0v) is 17.1. The first-order valence-corrected chi connectivity index (χ1v) is 10.0. The summed E-state index contributed by atoms with van der Waals surface area (Å²) in [6.45, 7) is 0. The molecular formula is C24H16N6O3. The number of rotatable bonds is 5. The van der Waals surface area contributed by atoms with Crippen LogP contribution in [0.25, 0.3) is 33.4 Å². The summed E-state index contributed by atoms with van der Waals surface area (Å²) in [5.41, 5.74) is 3.66. The minimum absolute atomic E-state index is 0.0288. The van der Waals surface area contributed by atoms with Gasteiger partial charge in [0.05, 0.1) is 27.4 Å². The monoisotopic (exact) mass is 436 g/mol. The molecule has 3 aromatic heterocycles. The number of benzene rings is 2. The highest BCUT2D eigenvalue weighted by molar-refractivity contribution is 6.12. The van der Waals surface area contributed by atoms with E-state index < -0.39 is 4.92 Å². The molecule has 33 heavy (non-hydrogen) atoms. The van der Waals surface area contributed by atoms with Gasteiger partial charge >= 0.3 is 0 Å². The van der Waals surface area contributed by atoms with Gasteiger partial charge in [-0.3, -0.25) is 25.0 Å². The molecule has 9 heteroatoms. The Hall–Kier alpha value is -4.92. The molecular weight excluding hydrogens is 420 g/mol. The van der Waals surface area contributed by atoms with Crippen molar-refractivity contribution in [3.63, 3.8) is 0 Å². The van der Waals surface area contributed by atoms with Gasteiger partial charge in [-0.25, -0.2) is 4.98 Å². The zero-order chi connectivity index (χ0) is 22.8. The van der Waals surface area contributed by atoms with Gasteiger partial charge in [0, 0.05) is 47.1 Å². The molecule has 0 unspecified atom stereocenters. The predicted molar refractivity (Wildman–Crippen MR) is 124 cm³/mol. The van der Waals surface area contributed by atoms with Crippen LogP contribution in [-0.2, 0) is 0 Å². The molecule has 0 saturated heterocycles. The van der Waals surface area contributed by atoms with E-state index in [0.29, 0.717) is 39.2 Å². The average molecular weight is 436 g/mol. The molecule has 0 spiro atoms. The van der Waals surface area contributed by atoms with Crippen molar-refractivity contribution in [3.8, 4) is 22.5 Å². The molecule has 160 valence electrons. The Bertz CT molecular complexity index is 1500. The first-order valence-electron chi connectivity index (χ1n) is 10.0. The Morgan fingerprint density at radius 2 is 1.82 bits per heavy atom. The summed E-state index contributed by atoms with van der Waals surface area (Å²) in [7, 11) is 0. The molecule has 1 amide bonds. The minimum atomic E-state index is -0.461. The van der Waals surface area contributed by atoms with Crippen LogP contribution in [0.15, 0.2) is 85.2 Å². The number of carbonyl (C=O) groups excluding carboxylic acids is 1. The van der Waals surface area contributed by atoms with Crippen LogP contribution in [0.4, 0.5) is 11.5 Å². The van der Waals surface area contributed by atoms with Crippen molar-refractivity contribution in [2.24, 2.45) is 0 Å². The Morgan fingerprint density at radius 1 is 0.970 bits per heavy atom. The van der Waals surface area contributed by atoms with Crippen LogP contribution in [0.3, 0.4) is 0 Å². The first kappa shape index (κ1) is 20.0. The quantitative estimate of drug-likeness (QED) is 0.300. The van der Waals surface area contributed by atoms with E-state index in [2.05, 4.69) is 25.5 Å². The van der Waals surface area contributed by atoms with Crippen LogP contribution in [0.5, 0.6) is 0 Å². The molecule has 5 aromatic rings. The van der Waals surface area contributed by atoms with Crippen molar-refractivity contribution in [2.45, 2.75) is 0 Å². The molecule has 3 heterocycles. The van der Waals surface area contributed by atoms with Gasteiger partial charge in [0.15, 0.2) is 5.82 Å². The summed E-state index contributed by atoms with van der Waals surface area (Å²) in [5, 5.41) is 21.5. The molecule has 0 atom stereocenters. The van der Waals surface area contributed by atoms with Crippen LogP contribution < -0.4 is 5.32 Å². The van der Waals surface area contributed by atoms with Crippen molar-refractivity contribution < 1.29 is 9.72 Å². The fourth-order valence-corrected chi connectivity index (χ4v) is 3.53. The number of anilines is 1. The summed E-state index contributed by atoms with van der Waals surface area (Å²) >= 11 is 0. The number of nitrogens with zero attached hydrogens (tertiary/aromatic N) is 4. The number of nitrogens with one attached hydrogen (secondary N) is 2. The van der Waals surface area contributed by atoms with Gasteiger partial charge in [-0.15, -0.1) is 0 Å². The van der Waals surface area contributed by atoms with Crippen molar-refractivity contribution in [1.82, 2.24) is 20.2 Å². The highest BCUT2D eigenvalue weighted by atomic mass is 16.6. The third-order valence-electron chi connectivity index (χ3n) is 5.11. The molecule has 2 aromatic carbocycles. The van der Waals surface area contributed by atoms with E-state index in [4.69, 9.17) is 0 Å². The number of carbonyl (C=O) groups is 1. The first-order chi connectivity index (χ1) is 16.1. The molecule has 0 aliphatic carbocycles. The Balaban J connectivity index is 1.48. The fourth-order valence-electron chi connectivity index (χ4n) is 3.53. The predicted octanol–water partition coefficient (Wildman–Crippen LogP) is 4.85. The van der Waals surface area contributed by atoms with E-state index in [0.717, 1.165) is 5.56 Å². The van der Waals surface area contributed by atoms with Crippen molar-refractivity contribution >= 4 is 28.3 Å². The number of H-pyrrole nitrogens is 1. The minimum Gasteiger partial charge on any atom is -0.305 e. The number of fused-ring (bicyclic) bond motifs is 1. The number of nitro groups is 1. The second-order valence-electron chi connectivity index (χ2n) is 7.24. The molecule has 0 aliphatic heterocycles. The maximum atomic E-state index is 13.2. The van der Waals surface area contributed by atoms with E-state index in [1.807, 2.05) is 36.4 Å². The summed E-state index contributed by atoms with van der Waals surface area (Å²) in [6, 6.07) is 20.6. The van der Waals surface area contributed by atoms with Gasteiger partial charge in [-0.05, 0) is 24.3 Å². The van der Waals surface area contributed by atoms with Crippen LogP contribution in [-0.4, -0.2) is 31.0 Å². The smallest absolute Gasteiger partial charge is 0.270 e. The Morgan fingerprint density at radius 3 is 2.64 bits per heavy atom. The fraction of sp³-hybridized carbons (Fsp3) is 0. The standard InChI is InChI=1S/C24H16N6O3/c31-24(27-23-13-22(28-29-23)15-5-3-7-17(11-15)30(32)33)19-12-21(16-6-4-10-25-14-16)26-20-9-2-1-8-18(19)20/h1-14H,(H2,27,28,29,31). The second kappa shape index (κ2) is 8.31. The SMILES string of the molecule is O=C(Nc1cc(-c2cccc([N+](=O)[O-])c2)[nH]n1)c1cc(-c2cccnc2)nc2ccccc12. The molecule has 9 nitrogen and oxygen atoms in total. The topological polar surface area (TPSA) is 127 Å². The lowest BCUT2D eigenvalue weighted by Gasteiger charge is -2.09. The van der Waals surface area contributed by atoms with Gasteiger partial charge in [0.2, 0.25) is 0 Å². The largest absolute Gasteiger partial charge is 0.305 e. The average Bonchev–Trinajstić information content (AvgIpc) is 3.32. The number of aromatic nitrogens is 4. The second-order valence-corrected chi connectivity index (χ2v) is 7.24. The summed E-state index contributed by atoms with van der Waals surface area (Å²) in [5.74, 6) is -0.0545. The molecule has 0 fully saturated rings. The molecule has 0 aliphatic rings. The number of aromatic amines is 1. The normalized spacial score (nSPS) is 10.8. The molecule has 0 bridgehead atoms. The van der Waals surface area contributed by atoms with Gasteiger partial charge in [0.1, 0.15) is 0 Å². The van der Waals surface area contributed by atoms with Crippen LogP contribution >= 0.6 is 0 Å². The van der Waals surface area contributed by atoms with Gasteiger partial charge in [0.25, 0.3) is 11.6 Å². The Labute approximate surface area is 187 Å². The van der Waals surface area contributed by atoms with Gasteiger partial charge in [-0.2, -0.15) is 5.10 Å². The molecule has 0 saturated carbocycles. The van der Waals surface area contributed by atoms with Crippen molar-refractivity contribution in [1.29, 1.82) is 0 Å². The third kappa shape index (κ3) is 4.02. The summed E-state index contributed by atoms with van der Waals surface area (Å²) in [6.07, 6.45) is 3.37. The van der Waals surface area contributed by atoms with Crippen LogP contribution in [0.2, 0.25) is 0 Å². The lowest BCUT2D eigenvalue weighted by atomic mass is 10.0. The number of hydrogen-bond donors (Lipinski definition) is 2. The van der Waals surface area contributed by atoms with Crippen LogP contribution in [0, 0.1) is 10.1 Å². The van der Waals surface area contributed by atoms with Gasteiger partial charge < -0.3 is 5.32 Å². The number of amides is 1. The lowest BCUT2D eigenvalue weighted by Crippen LogP contribution is -2.13. The zero-order valence-electron chi connectivity index (χ0n) is 17.1. The lowest BCUT2D eigenvalue weighted by molar-refractivity contribution is -0.384. The van der Waals surface area contributed by atoms with Gasteiger partial charge in [-0.1, -0.05) is 30.3 Å². The highest BCUT2D eigenvalue weighted by Gasteiger charge is 2.16. The van der Waals surface area contributed by atoms with E-state index >= 15 is 0 Å². The van der Waals surface area contributed by atoms with Crippen molar-refractivity contribution in [3.05, 3.63) is 101 Å².